The minimum Gasteiger partial charge on any atom is -0.657 e. The number of hydrogen-bond acceptors (Lipinski definition) is 4. The molecule has 1 aromatic carbocycles. The molecule has 50 heavy (non-hydrogen) atoms. The van der Waals surface area contributed by atoms with E-state index in [4.69, 9.17) is 19.9 Å². The Morgan fingerprint density at radius 2 is 1.26 bits per heavy atom. The van der Waals surface area contributed by atoms with Crippen molar-refractivity contribution in [1.82, 2.24) is 19.9 Å². The van der Waals surface area contributed by atoms with E-state index >= 15 is 0 Å². The number of fused-ring (bicyclic) bond motifs is 8. The Labute approximate surface area is 302 Å². The number of hydrogen-bond donors (Lipinski definition) is 2. The minimum atomic E-state index is -0.898. The Kier molecular flexibility index (Phi) is 11.9. The van der Waals surface area contributed by atoms with Crippen LogP contribution in [0.4, 0.5) is 0 Å². The zero-order chi connectivity index (χ0) is 35.4. The molecule has 0 fully saturated rings. The first-order valence-electron chi connectivity index (χ1n) is 16.0. The molecule has 0 spiro atoms. The number of nitrogens with zero attached hydrogens (tertiary/aromatic N) is 4. The molecule has 4 aromatic rings. The van der Waals surface area contributed by atoms with Gasteiger partial charge in [0, 0.05) is 35.5 Å². The van der Waals surface area contributed by atoms with Crippen LogP contribution in [-0.4, -0.2) is 32.1 Å². The molecule has 2 aliphatic rings. The maximum Gasteiger partial charge on any atom is 0.303 e. The molecule has 0 radical (unpaired) electrons. The fourth-order valence-corrected chi connectivity index (χ4v) is 6.09. The molecule has 5 heterocycles. The first-order valence-corrected chi connectivity index (χ1v) is 16.0. The van der Waals surface area contributed by atoms with Crippen LogP contribution in [0.2, 0.25) is 0 Å². The van der Waals surface area contributed by atoms with Crippen LogP contribution in [0.1, 0.15) is 83.7 Å². The maximum absolute atomic E-state index is 11.5. The Morgan fingerprint density at radius 1 is 0.720 bits per heavy atom. The largest absolute Gasteiger partial charge is 0.657 e. The van der Waals surface area contributed by atoms with E-state index in [9.17, 15) is 19.8 Å². The fraction of sp³-hybridized carbons (Fsp3) is 0.195. The van der Waals surface area contributed by atoms with E-state index in [1.807, 2.05) is 82.3 Å². The van der Waals surface area contributed by atoms with Crippen LogP contribution in [0.3, 0.4) is 0 Å². The molecule has 0 amide bonds. The number of aryl methyl sites for hydroxylation is 3. The topological polar surface area (TPSA) is 129 Å². The molecule has 258 valence electrons. The molecule has 0 atom stereocenters. The molecule has 0 aliphatic carbocycles. The van der Waals surface area contributed by atoms with Gasteiger partial charge in [-0.15, -0.1) is 34.2 Å². The minimum absolute atomic E-state index is 0. The van der Waals surface area contributed by atoms with E-state index in [-0.39, 0.29) is 29.9 Å². The summed E-state index contributed by atoms with van der Waals surface area (Å²) in [6, 6.07) is 17.5. The number of aliphatic carboxylic acids is 2. The van der Waals surface area contributed by atoms with Crippen molar-refractivity contribution in [2.24, 2.45) is 0 Å². The summed E-state index contributed by atoms with van der Waals surface area (Å²) in [5, 5.41) is 18.9. The third-order valence-electron chi connectivity index (χ3n) is 8.91. The Hall–Kier alpha value is -5.37. The van der Waals surface area contributed by atoms with Gasteiger partial charge in [-0.05, 0) is 62.8 Å². The number of benzene rings is 1. The number of carboxylic acids is 2. The van der Waals surface area contributed by atoms with Crippen LogP contribution >= 0.6 is 0 Å². The molecule has 9 heteroatoms. The van der Waals surface area contributed by atoms with Gasteiger partial charge in [0.2, 0.25) is 0 Å². The second kappa shape index (κ2) is 15.9. The standard InChI is InChI=1S/C34H34N4O4.C7H7.Fe/c1-7-21-17(3)25-13-26-19(5)23(9-11-33(39)40)31(37-26)16-32-24(10-12-34(41)42)20(6)28(38-32)15-30-22(8-2)18(4)27(36-30)14-29(21)35-25;1-7-5-3-2-4-6-7;/h7-8,13-16H,1-2,9-12H2,3-6H3,(H4,35,36,37,38,39,40,41,42);2-6H,1H2;/q;-1;/p-2. The zero-order valence-corrected chi connectivity index (χ0v) is 29.8. The molecular weight excluding hydrogens is 668 g/mol. The summed E-state index contributed by atoms with van der Waals surface area (Å²) in [4.78, 5) is 42.7. The predicted molar refractivity (Wildman–Crippen MR) is 197 cm³/mol. The van der Waals surface area contributed by atoms with E-state index in [0.29, 0.717) is 41.0 Å². The molecule has 2 aliphatic heterocycles. The van der Waals surface area contributed by atoms with Crippen molar-refractivity contribution in [3.8, 4) is 0 Å². The van der Waals surface area contributed by atoms with E-state index < -0.39 is 11.9 Å². The molecule has 8 bridgehead atoms. The molecule has 0 unspecified atom stereocenters. The van der Waals surface area contributed by atoms with Crippen molar-refractivity contribution in [1.29, 1.82) is 0 Å². The molecule has 2 N–H and O–H groups in total. The average Bonchev–Trinajstić information content (AvgIpc) is 3.72. The van der Waals surface area contributed by atoms with Crippen LogP contribution in [0, 0.1) is 20.8 Å². The van der Waals surface area contributed by atoms with Crippen LogP contribution in [0.5, 0.6) is 0 Å². The van der Waals surface area contributed by atoms with E-state index in [1.165, 1.54) is 0 Å². The SMILES string of the molecule is C=CC1=C(C)c2cc3[n-]c(cc4nc(cc5[n-]c(cc1n2)c(C)c5CCC(=O)O)C(CCC(=O)O)=C4C)c(C)c3C=C.[CH2-]c1ccccc1.[Fe]. The van der Waals surface area contributed by atoms with Gasteiger partial charge < -0.3 is 20.2 Å². The summed E-state index contributed by atoms with van der Waals surface area (Å²) >= 11 is 0. The van der Waals surface area contributed by atoms with Gasteiger partial charge in [0.1, 0.15) is 0 Å². The van der Waals surface area contributed by atoms with Gasteiger partial charge in [-0.3, -0.25) is 9.59 Å². The number of allylic oxidation sites excluding steroid dienone is 5. The monoisotopic (exact) mass is 707 g/mol. The van der Waals surface area contributed by atoms with Crippen molar-refractivity contribution in [3.05, 3.63) is 131 Å². The van der Waals surface area contributed by atoms with Crippen molar-refractivity contribution < 1.29 is 36.9 Å². The first kappa shape index (κ1) is 37.4. The number of carbonyl (C=O) groups is 2. The molecule has 0 saturated carbocycles. The molecule has 8 nitrogen and oxygen atoms in total. The van der Waals surface area contributed by atoms with Gasteiger partial charge in [0.25, 0.3) is 0 Å². The van der Waals surface area contributed by atoms with Crippen LogP contribution in [0.25, 0.3) is 50.4 Å². The summed E-state index contributed by atoms with van der Waals surface area (Å²) in [5.74, 6) is -1.80. The van der Waals surface area contributed by atoms with Crippen molar-refractivity contribution >= 4 is 62.4 Å². The van der Waals surface area contributed by atoms with Crippen LogP contribution in [0.15, 0.2) is 73.8 Å². The maximum atomic E-state index is 11.5. The van der Waals surface area contributed by atoms with Crippen molar-refractivity contribution in [2.75, 3.05) is 0 Å². The summed E-state index contributed by atoms with van der Waals surface area (Å²) < 4.78 is 0. The molecule has 3 aromatic heterocycles. The third-order valence-corrected chi connectivity index (χ3v) is 8.91. The second-order valence-corrected chi connectivity index (χ2v) is 12.1. The third kappa shape index (κ3) is 7.91. The van der Waals surface area contributed by atoms with Crippen molar-refractivity contribution in [3.63, 3.8) is 0 Å². The summed E-state index contributed by atoms with van der Waals surface area (Å²) in [6.45, 7) is 19.6. The first-order chi connectivity index (χ1) is 23.4. The van der Waals surface area contributed by atoms with E-state index in [2.05, 4.69) is 20.1 Å². The number of aromatic nitrogens is 4. The van der Waals surface area contributed by atoms with Crippen molar-refractivity contribution in [2.45, 2.75) is 53.4 Å². The van der Waals surface area contributed by atoms with Gasteiger partial charge in [0.15, 0.2) is 0 Å². The number of rotatable bonds is 8. The average molecular weight is 708 g/mol. The van der Waals surface area contributed by atoms with Gasteiger partial charge in [0.05, 0.1) is 22.8 Å². The quantitative estimate of drug-likeness (QED) is 0.138. The zero-order valence-electron chi connectivity index (χ0n) is 28.7. The smallest absolute Gasteiger partial charge is 0.303 e. The molecular formula is C41H39FeN4O4-3. The Balaban J connectivity index is 0.000000627. The normalized spacial score (nSPS) is 12.2. The molecule has 6 rings (SSSR count). The van der Waals surface area contributed by atoms with Gasteiger partial charge >= 0.3 is 11.9 Å². The fourth-order valence-electron chi connectivity index (χ4n) is 6.09. The Morgan fingerprint density at radius 3 is 1.86 bits per heavy atom. The van der Waals surface area contributed by atoms with Gasteiger partial charge in [-0.25, -0.2) is 9.97 Å². The van der Waals surface area contributed by atoms with Gasteiger partial charge in [-0.2, -0.15) is 24.6 Å². The number of carboxylic acid groups (broad SMARTS) is 2. The molecule has 0 saturated heterocycles. The van der Waals surface area contributed by atoms with E-state index in [1.54, 1.807) is 12.2 Å². The van der Waals surface area contributed by atoms with E-state index in [0.717, 1.165) is 66.8 Å². The summed E-state index contributed by atoms with van der Waals surface area (Å²) in [5.41, 5.74) is 13.7. The summed E-state index contributed by atoms with van der Waals surface area (Å²) in [6.07, 6.45) is 4.06. The predicted octanol–water partition coefficient (Wildman–Crippen LogP) is 8.63. The van der Waals surface area contributed by atoms with Crippen LogP contribution < -0.4 is 9.97 Å². The van der Waals surface area contributed by atoms with Crippen LogP contribution in [-0.2, 0) is 33.1 Å². The second-order valence-electron chi connectivity index (χ2n) is 12.1. The summed E-state index contributed by atoms with van der Waals surface area (Å²) in [7, 11) is 0. The van der Waals surface area contributed by atoms with Gasteiger partial charge in [-0.1, -0.05) is 72.3 Å². The Bertz CT molecular complexity index is 2220.